The van der Waals surface area contributed by atoms with Gasteiger partial charge in [0.2, 0.25) is 5.54 Å². The summed E-state index contributed by atoms with van der Waals surface area (Å²) in [6, 6.07) is 9.80. The van der Waals surface area contributed by atoms with Crippen LogP contribution in [0, 0.1) is 11.8 Å². The Morgan fingerprint density at radius 3 is 2.15 bits per heavy atom. The molecule has 1 rings (SSSR count). The lowest BCUT2D eigenvalue weighted by Crippen LogP contribution is -2.59. The molecule has 2 N–H and O–H groups in total. The molecule has 0 amide bonds. The molecule has 0 saturated heterocycles. The van der Waals surface area contributed by atoms with Crippen LogP contribution in [-0.2, 0) is 30.4 Å². The Kier molecular flexibility index (Phi) is 8.44. The fraction of sp³-hybridized carbons (Fsp3) is 0.619. The number of esters is 2. The van der Waals surface area contributed by atoms with Gasteiger partial charge in [0, 0.05) is 0 Å². The topological polar surface area (TPSA) is 87.9 Å². The second kappa shape index (κ2) is 9.85. The zero-order chi connectivity index (χ0) is 20.7. The molecule has 0 heterocycles. The first kappa shape index (κ1) is 23.1. The standard InChI is InChI=1S/C21H33NO5/c1-15(2)17(14-26-13-16-10-8-7-9-11-16)12-21(22,18(23)25-6)19(24)27-20(3,4)5/h7-11,15,17H,12-14,22H2,1-6H3/t17-,21+/m1/s1. The van der Waals surface area contributed by atoms with E-state index < -0.39 is 23.1 Å². The first-order valence-electron chi connectivity index (χ1n) is 9.22. The van der Waals surface area contributed by atoms with Gasteiger partial charge >= 0.3 is 11.9 Å². The van der Waals surface area contributed by atoms with Crippen LogP contribution in [0.1, 0.15) is 46.6 Å². The molecule has 0 unspecified atom stereocenters. The van der Waals surface area contributed by atoms with Crippen molar-refractivity contribution in [2.45, 2.75) is 58.8 Å². The van der Waals surface area contributed by atoms with Crippen LogP contribution >= 0.6 is 0 Å². The molecule has 1 aromatic carbocycles. The Morgan fingerprint density at radius 1 is 1.07 bits per heavy atom. The first-order valence-corrected chi connectivity index (χ1v) is 9.22. The van der Waals surface area contributed by atoms with Crippen LogP contribution in [0.5, 0.6) is 0 Å². The van der Waals surface area contributed by atoms with Crippen molar-refractivity contribution >= 4 is 11.9 Å². The highest BCUT2D eigenvalue weighted by Gasteiger charge is 2.48. The maximum absolute atomic E-state index is 12.6. The number of rotatable bonds is 9. The summed E-state index contributed by atoms with van der Waals surface area (Å²) in [5.41, 5.74) is 4.65. The lowest BCUT2D eigenvalue weighted by Gasteiger charge is -2.33. The lowest BCUT2D eigenvalue weighted by molar-refractivity contribution is -0.172. The number of carbonyl (C=O) groups excluding carboxylic acids is 2. The van der Waals surface area contributed by atoms with Gasteiger partial charge in [0.15, 0.2) is 0 Å². The summed E-state index contributed by atoms with van der Waals surface area (Å²) in [6.07, 6.45) is 0.0844. The third-order valence-electron chi connectivity index (χ3n) is 4.28. The normalized spacial score (nSPS) is 15.1. The van der Waals surface area contributed by atoms with E-state index in [4.69, 9.17) is 19.9 Å². The SMILES string of the molecule is COC(=O)[C@@](N)(C[C@H](COCc1ccccc1)C(C)C)C(=O)OC(C)(C)C. The second-order valence-corrected chi connectivity index (χ2v) is 8.17. The molecule has 0 saturated carbocycles. The van der Waals surface area contributed by atoms with Crippen LogP contribution in [0.25, 0.3) is 0 Å². The molecule has 152 valence electrons. The van der Waals surface area contributed by atoms with E-state index in [1.807, 2.05) is 44.2 Å². The van der Waals surface area contributed by atoms with Gasteiger partial charge in [-0.25, -0.2) is 9.59 Å². The molecule has 0 radical (unpaired) electrons. The number of hydrogen-bond acceptors (Lipinski definition) is 6. The van der Waals surface area contributed by atoms with Gasteiger partial charge in [-0.2, -0.15) is 0 Å². The number of methoxy groups -OCH3 is 1. The second-order valence-electron chi connectivity index (χ2n) is 8.17. The van der Waals surface area contributed by atoms with Gasteiger partial charge in [-0.1, -0.05) is 44.2 Å². The van der Waals surface area contributed by atoms with Crippen LogP contribution < -0.4 is 5.73 Å². The molecule has 0 fully saturated rings. The summed E-state index contributed by atoms with van der Waals surface area (Å²) in [5.74, 6) is -1.55. The maximum Gasteiger partial charge on any atom is 0.338 e. The minimum absolute atomic E-state index is 0.0844. The molecule has 27 heavy (non-hydrogen) atoms. The Labute approximate surface area is 162 Å². The Hall–Kier alpha value is -1.92. The van der Waals surface area contributed by atoms with E-state index in [0.717, 1.165) is 5.56 Å². The number of benzene rings is 1. The summed E-state index contributed by atoms with van der Waals surface area (Å²) in [4.78, 5) is 25.0. The van der Waals surface area contributed by atoms with Crippen molar-refractivity contribution in [2.24, 2.45) is 17.6 Å². The number of hydrogen-bond donors (Lipinski definition) is 1. The van der Waals surface area contributed by atoms with Gasteiger partial charge in [-0.3, -0.25) is 0 Å². The van der Waals surface area contributed by atoms with Crippen molar-refractivity contribution in [3.05, 3.63) is 35.9 Å². The zero-order valence-electron chi connectivity index (χ0n) is 17.3. The molecule has 1 aromatic rings. The highest BCUT2D eigenvalue weighted by atomic mass is 16.6. The molecule has 0 aromatic heterocycles. The molecule has 6 nitrogen and oxygen atoms in total. The van der Waals surface area contributed by atoms with Crippen molar-refractivity contribution in [3.63, 3.8) is 0 Å². The van der Waals surface area contributed by atoms with Crippen molar-refractivity contribution < 1.29 is 23.8 Å². The smallest absolute Gasteiger partial charge is 0.338 e. The highest BCUT2D eigenvalue weighted by Crippen LogP contribution is 2.26. The maximum atomic E-state index is 12.6. The van der Waals surface area contributed by atoms with Gasteiger partial charge in [0.1, 0.15) is 5.60 Å². The molecule has 0 aliphatic carbocycles. The van der Waals surface area contributed by atoms with Crippen LogP contribution in [-0.4, -0.2) is 36.8 Å². The number of carbonyl (C=O) groups is 2. The number of nitrogens with two attached hydrogens (primary N) is 1. The largest absolute Gasteiger partial charge is 0.467 e. The molecule has 0 aliphatic heterocycles. The van der Waals surface area contributed by atoms with Crippen molar-refractivity contribution in [3.8, 4) is 0 Å². The summed E-state index contributed by atoms with van der Waals surface area (Å²) in [5, 5.41) is 0. The quantitative estimate of drug-likeness (QED) is 0.524. The van der Waals surface area contributed by atoms with E-state index in [9.17, 15) is 9.59 Å². The Balaban J connectivity index is 2.86. The Morgan fingerprint density at radius 2 is 1.67 bits per heavy atom. The van der Waals surface area contributed by atoms with Gasteiger partial charge in [-0.05, 0) is 44.6 Å². The summed E-state index contributed by atoms with van der Waals surface area (Å²) in [7, 11) is 1.21. The van der Waals surface area contributed by atoms with Crippen molar-refractivity contribution in [2.75, 3.05) is 13.7 Å². The van der Waals surface area contributed by atoms with Crippen LogP contribution in [0.4, 0.5) is 0 Å². The molecular formula is C21H33NO5. The third kappa shape index (κ3) is 7.31. The van der Waals surface area contributed by atoms with Crippen LogP contribution in [0.2, 0.25) is 0 Å². The minimum atomic E-state index is -1.87. The van der Waals surface area contributed by atoms with Crippen LogP contribution in [0.15, 0.2) is 30.3 Å². The molecule has 2 atom stereocenters. The molecule has 0 spiro atoms. The molecular weight excluding hydrogens is 346 g/mol. The molecule has 0 aliphatic rings. The van der Waals surface area contributed by atoms with E-state index in [1.54, 1.807) is 20.8 Å². The molecule has 0 bridgehead atoms. The zero-order valence-corrected chi connectivity index (χ0v) is 17.3. The van der Waals surface area contributed by atoms with E-state index in [0.29, 0.717) is 13.2 Å². The minimum Gasteiger partial charge on any atom is -0.467 e. The first-order chi connectivity index (χ1) is 12.5. The summed E-state index contributed by atoms with van der Waals surface area (Å²) >= 11 is 0. The van der Waals surface area contributed by atoms with E-state index in [-0.39, 0.29) is 18.3 Å². The average Bonchev–Trinajstić information content (AvgIpc) is 2.59. The van der Waals surface area contributed by atoms with Crippen molar-refractivity contribution in [1.82, 2.24) is 0 Å². The fourth-order valence-electron chi connectivity index (χ4n) is 2.60. The average molecular weight is 379 g/mol. The molecule has 6 heteroatoms. The van der Waals surface area contributed by atoms with Crippen molar-refractivity contribution in [1.29, 1.82) is 0 Å². The summed E-state index contributed by atoms with van der Waals surface area (Å²) < 4.78 is 16.0. The van der Waals surface area contributed by atoms with Gasteiger partial charge in [0.05, 0.1) is 20.3 Å². The van der Waals surface area contributed by atoms with E-state index >= 15 is 0 Å². The number of ether oxygens (including phenoxy) is 3. The third-order valence-corrected chi connectivity index (χ3v) is 4.28. The van der Waals surface area contributed by atoms with Gasteiger partial charge in [0.25, 0.3) is 0 Å². The van der Waals surface area contributed by atoms with E-state index in [1.165, 1.54) is 7.11 Å². The van der Waals surface area contributed by atoms with Gasteiger partial charge < -0.3 is 19.9 Å². The van der Waals surface area contributed by atoms with Gasteiger partial charge in [-0.15, -0.1) is 0 Å². The monoisotopic (exact) mass is 379 g/mol. The predicted octanol–water partition coefficient (Wildman–Crippen LogP) is 3.08. The highest BCUT2D eigenvalue weighted by molar-refractivity contribution is 6.04. The Bertz CT molecular complexity index is 609. The van der Waals surface area contributed by atoms with E-state index in [2.05, 4.69) is 0 Å². The van der Waals surface area contributed by atoms with Crippen LogP contribution in [0.3, 0.4) is 0 Å². The summed E-state index contributed by atoms with van der Waals surface area (Å²) in [6.45, 7) is 10.0. The lowest BCUT2D eigenvalue weighted by atomic mass is 9.82. The fourth-order valence-corrected chi connectivity index (χ4v) is 2.60. The predicted molar refractivity (Wildman–Crippen MR) is 104 cm³/mol.